The second-order valence-electron chi connectivity index (χ2n) is 14.2. The highest BCUT2D eigenvalue weighted by atomic mass is 31.2. The average molecular weight is 722 g/mol. The van der Waals surface area contributed by atoms with E-state index in [1.54, 1.807) is 0 Å². The summed E-state index contributed by atoms with van der Waals surface area (Å²) in [7, 11) is -3.08. The number of pyridine rings is 1. The molecule has 2 heterocycles. The van der Waals surface area contributed by atoms with Gasteiger partial charge in [0.05, 0.1) is 16.6 Å². The lowest BCUT2D eigenvalue weighted by atomic mass is 9.92. The zero-order valence-electron chi connectivity index (χ0n) is 29.7. The summed E-state index contributed by atoms with van der Waals surface area (Å²) in [6, 6.07) is 66.6. The summed E-state index contributed by atoms with van der Waals surface area (Å²) in [5, 5.41) is 12.9. The quantitative estimate of drug-likeness (QED) is 0.131. The molecule has 0 aliphatic heterocycles. The van der Waals surface area contributed by atoms with Gasteiger partial charge in [-0.1, -0.05) is 170 Å². The Labute approximate surface area is 317 Å². The van der Waals surface area contributed by atoms with Crippen LogP contribution in [0.25, 0.3) is 87.5 Å². The van der Waals surface area contributed by atoms with Crippen LogP contribution in [-0.2, 0) is 4.57 Å². The molecule has 55 heavy (non-hydrogen) atoms. The fourth-order valence-corrected chi connectivity index (χ4v) is 11.1. The molecule has 9 aromatic carbocycles. The average Bonchev–Trinajstić information content (AvgIpc) is 3.66. The maximum absolute atomic E-state index is 15.0. The number of nitrogens with zero attached hydrogens (tertiary/aromatic N) is 1. The van der Waals surface area contributed by atoms with Crippen LogP contribution in [0.2, 0.25) is 0 Å². The monoisotopic (exact) mass is 721 g/mol. The molecule has 0 saturated carbocycles. The van der Waals surface area contributed by atoms with E-state index in [1.807, 2.05) is 84.9 Å². The van der Waals surface area contributed by atoms with E-state index in [2.05, 4.69) is 109 Å². The van der Waals surface area contributed by atoms with Crippen LogP contribution in [0.1, 0.15) is 0 Å². The SMILES string of the molecule is O=P(c1ccccc1)(c1ccccc1)c1ccc(-c2ccc3c(c2)nc(-c2ccc4c5ccccc5c5ccccc5c4c2)c2c4ccccc4oc32)cc1. The number of rotatable bonds is 5. The molecule has 0 saturated heterocycles. The molecule has 0 spiro atoms. The third-order valence-corrected chi connectivity index (χ3v) is 14.2. The molecule has 0 N–H and O–H groups in total. The van der Waals surface area contributed by atoms with Gasteiger partial charge in [-0.25, -0.2) is 4.98 Å². The van der Waals surface area contributed by atoms with E-state index in [-0.39, 0.29) is 0 Å². The van der Waals surface area contributed by atoms with E-state index in [4.69, 9.17) is 9.40 Å². The number of furan rings is 1. The lowest BCUT2D eigenvalue weighted by Gasteiger charge is -2.20. The van der Waals surface area contributed by atoms with Gasteiger partial charge in [0.25, 0.3) is 0 Å². The van der Waals surface area contributed by atoms with Crippen molar-refractivity contribution >= 4 is 88.2 Å². The minimum Gasteiger partial charge on any atom is -0.455 e. The van der Waals surface area contributed by atoms with Crippen molar-refractivity contribution in [1.29, 1.82) is 0 Å². The first kappa shape index (κ1) is 31.7. The first-order valence-corrected chi connectivity index (χ1v) is 20.3. The van der Waals surface area contributed by atoms with Crippen molar-refractivity contribution in [3.05, 3.63) is 194 Å². The second kappa shape index (κ2) is 12.4. The van der Waals surface area contributed by atoms with Gasteiger partial charge in [0, 0.05) is 32.2 Å². The number of aromatic nitrogens is 1. The van der Waals surface area contributed by atoms with E-state index in [9.17, 15) is 0 Å². The third-order valence-electron chi connectivity index (χ3n) is 11.1. The Morgan fingerprint density at radius 1 is 0.382 bits per heavy atom. The molecule has 3 nitrogen and oxygen atoms in total. The van der Waals surface area contributed by atoms with Crippen LogP contribution in [0.4, 0.5) is 0 Å². The lowest BCUT2D eigenvalue weighted by Crippen LogP contribution is -2.24. The van der Waals surface area contributed by atoms with Crippen molar-refractivity contribution in [3.63, 3.8) is 0 Å². The third kappa shape index (κ3) is 4.91. The summed E-state index contributed by atoms with van der Waals surface area (Å²) < 4.78 is 21.7. The first-order valence-electron chi connectivity index (χ1n) is 18.6. The fraction of sp³-hybridized carbons (Fsp3) is 0. The van der Waals surface area contributed by atoms with Crippen molar-refractivity contribution < 1.29 is 8.98 Å². The minimum atomic E-state index is -3.08. The molecule has 0 amide bonds. The van der Waals surface area contributed by atoms with Gasteiger partial charge in [0.1, 0.15) is 11.2 Å². The van der Waals surface area contributed by atoms with E-state index in [1.165, 1.54) is 32.3 Å². The van der Waals surface area contributed by atoms with Gasteiger partial charge in [-0.05, 0) is 67.7 Å². The van der Waals surface area contributed by atoms with Crippen LogP contribution >= 0.6 is 7.14 Å². The molecule has 2 aromatic heterocycles. The number of para-hydroxylation sites is 1. The molecule has 0 aliphatic carbocycles. The molecule has 0 unspecified atom stereocenters. The minimum absolute atomic E-state index is 0.801. The zero-order chi connectivity index (χ0) is 36.5. The van der Waals surface area contributed by atoms with Crippen molar-refractivity contribution in [2.45, 2.75) is 0 Å². The number of hydrogen-bond acceptors (Lipinski definition) is 3. The molecule has 0 fully saturated rings. The maximum atomic E-state index is 15.0. The highest BCUT2D eigenvalue weighted by molar-refractivity contribution is 7.85. The van der Waals surface area contributed by atoms with Crippen LogP contribution in [0.5, 0.6) is 0 Å². The van der Waals surface area contributed by atoms with Gasteiger partial charge >= 0.3 is 0 Å². The smallest absolute Gasteiger partial charge is 0.171 e. The highest BCUT2D eigenvalue weighted by Gasteiger charge is 2.29. The van der Waals surface area contributed by atoms with Crippen LogP contribution in [0, 0.1) is 0 Å². The predicted octanol–water partition coefficient (Wildman–Crippen LogP) is 12.6. The van der Waals surface area contributed by atoms with Gasteiger partial charge in [0.2, 0.25) is 0 Å². The summed E-state index contributed by atoms with van der Waals surface area (Å²) >= 11 is 0. The maximum Gasteiger partial charge on any atom is 0.171 e. The number of fused-ring (bicyclic) bond motifs is 11. The Kier molecular flexibility index (Phi) is 7.14. The van der Waals surface area contributed by atoms with Gasteiger partial charge in [-0.15, -0.1) is 0 Å². The fourth-order valence-electron chi connectivity index (χ4n) is 8.49. The summed E-state index contributed by atoms with van der Waals surface area (Å²) in [5.74, 6) is 0. The molecule has 0 atom stereocenters. The van der Waals surface area contributed by atoms with Gasteiger partial charge in [0.15, 0.2) is 7.14 Å². The topological polar surface area (TPSA) is 43.1 Å². The van der Waals surface area contributed by atoms with Crippen molar-refractivity contribution in [2.75, 3.05) is 0 Å². The second-order valence-corrected chi connectivity index (χ2v) is 16.9. The van der Waals surface area contributed by atoms with Crippen molar-refractivity contribution in [3.8, 4) is 22.4 Å². The van der Waals surface area contributed by atoms with E-state index in [0.29, 0.717) is 0 Å². The Bertz CT molecular complexity index is 3250. The number of hydrogen-bond donors (Lipinski definition) is 0. The van der Waals surface area contributed by atoms with Crippen molar-refractivity contribution in [1.82, 2.24) is 4.98 Å². The molecule has 4 heteroatoms. The van der Waals surface area contributed by atoms with Crippen LogP contribution in [0.3, 0.4) is 0 Å². The summed E-state index contributed by atoms with van der Waals surface area (Å²) in [4.78, 5) is 5.46. The molecule has 11 aromatic rings. The standard InChI is InChI=1S/C51H32NO2P/c53-55(36-13-3-1-4-14-36,37-15-5-2-6-16-37)38-27-23-33(24-28-38)34-25-30-44-47(32-34)52-50(49-45-21-11-12-22-48(45)54-51(44)49)35-26-29-43-41-19-8-7-17-39(41)40-18-9-10-20-42(40)46(43)31-35/h1-32H. The Morgan fingerprint density at radius 2 is 0.855 bits per heavy atom. The van der Waals surface area contributed by atoms with Gasteiger partial charge in [-0.3, -0.25) is 0 Å². The van der Waals surface area contributed by atoms with E-state index in [0.717, 1.165) is 71.1 Å². The molecule has 0 aliphatic rings. The van der Waals surface area contributed by atoms with Gasteiger partial charge < -0.3 is 8.98 Å². The Balaban J connectivity index is 1.10. The Hall–Kier alpha value is -6.80. The van der Waals surface area contributed by atoms with E-state index >= 15 is 4.57 Å². The summed E-state index contributed by atoms with van der Waals surface area (Å²) in [5.41, 5.74) is 6.51. The number of benzene rings is 9. The molecule has 0 bridgehead atoms. The van der Waals surface area contributed by atoms with Gasteiger partial charge in [-0.2, -0.15) is 0 Å². The highest BCUT2D eigenvalue weighted by Crippen LogP contribution is 2.44. The molecule has 0 radical (unpaired) electrons. The van der Waals surface area contributed by atoms with Crippen LogP contribution < -0.4 is 15.9 Å². The van der Waals surface area contributed by atoms with Crippen molar-refractivity contribution in [2.24, 2.45) is 0 Å². The zero-order valence-corrected chi connectivity index (χ0v) is 30.6. The summed E-state index contributed by atoms with van der Waals surface area (Å²) in [6.45, 7) is 0. The largest absolute Gasteiger partial charge is 0.455 e. The molecule has 258 valence electrons. The molecular formula is C51H32NO2P. The molecular weight excluding hydrogens is 690 g/mol. The Morgan fingerprint density at radius 3 is 1.49 bits per heavy atom. The first-order chi connectivity index (χ1) is 27.1. The van der Waals surface area contributed by atoms with E-state index < -0.39 is 7.14 Å². The normalized spacial score (nSPS) is 12.1. The summed E-state index contributed by atoms with van der Waals surface area (Å²) in [6.07, 6.45) is 0. The van der Waals surface area contributed by atoms with Crippen LogP contribution in [-0.4, -0.2) is 4.98 Å². The molecule has 11 rings (SSSR count). The lowest BCUT2D eigenvalue weighted by molar-refractivity contribution is 0.592. The van der Waals surface area contributed by atoms with Crippen LogP contribution in [0.15, 0.2) is 199 Å². The predicted molar refractivity (Wildman–Crippen MR) is 232 cm³/mol.